The maximum atomic E-state index is 12.7. The summed E-state index contributed by atoms with van der Waals surface area (Å²) in [5, 5.41) is 3.72. The molecule has 1 aliphatic rings. The summed E-state index contributed by atoms with van der Waals surface area (Å²) < 4.78 is 12.8. The first-order valence-corrected chi connectivity index (χ1v) is 11.7. The molecular formula is C23H24N2O3S2. The Morgan fingerprint density at radius 1 is 1.23 bits per heavy atom. The van der Waals surface area contributed by atoms with Gasteiger partial charge in [-0.1, -0.05) is 72.5 Å². The summed E-state index contributed by atoms with van der Waals surface area (Å²) in [7, 11) is 0. The molecule has 2 aromatic carbocycles. The number of amides is 1. The van der Waals surface area contributed by atoms with E-state index in [4.69, 9.17) is 14.5 Å². The monoisotopic (exact) mass is 440 g/mol. The van der Waals surface area contributed by atoms with Gasteiger partial charge in [-0.3, -0.25) is 4.79 Å². The lowest BCUT2D eigenvalue weighted by Crippen LogP contribution is -2.25. The van der Waals surface area contributed by atoms with Gasteiger partial charge in [0, 0.05) is 17.5 Å². The summed E-state index contributed by atoms with van der Waals surface area (Å²) in [6.07, 6.45) is 0.824. The van der Waals surface area contributed by atoms with Crippen LogP contribution in [0.25, 0.3) is 11.3 Å². The molecule has 2 heterocycles. The average molecular weight is 441 g/mol. The summed E-state index contributed by atoms with van der Waals surface area (Å²) >= 11 is 3.15. The molecule has 0 spiro atoms. The van der Waals surface area contributed by atoms with Crippen LogP contribution in [0.15, 0.2) is 52.9 Å². The van der Waals surface area contributed by atoms with Crippen LogP contribution in [0.1, 0.15) is 26.3 Å². The number of nitrogens with one attached hydrogen (secondary N) is 1. The standard InChI is InChI=1S/C23H24N2O3S2/c1-4-29-22-25-19(15-9-6-5-7-10-15)21(30-22)24-18(26)14-27-17-12-8-11-16-13-23(2,3)28-20(16)17/h5-12H,4,13-14H2,1-3H3,(H,24,26). The van der Waals surface area contributed by atoms with E-state index < -0.39 is 0 Å². The molecular weight excluding hydrogens is 416 g/mol. The molecule has 0 fully saturated rings. The fourth-order valence-electron chi connectivity index (χ4n) is 3.37. The lowest BCUT2D eigenvalue weighted by atomic mass is 10.0. The highest BCUT2D eigenvalue weighted by molar-refractivity contribution is 8.01. The Morgan fingerprint density at radius 2 is 2.03 bits per heavy atom. The third kappa shape index (κ3) is 4.63. The van der Waals surface area contributed by atoms with Crippen LogP contribution in [0.4, 0.5) is 5.00 Å². The van der Waals surface area contributed by atoms with E-state index in [1.807, 2.05) is 62.4 Å². The first-order chi connectivity index (χ1) is 14.4. The fraction of sp³-hybridized carbons (Fsp3) is 0.304. The van der Waals surface area contributed by atoms with Gasteiger partial charge in [0.15, 0.2) is 22.4 Å². The van der Waals surface area contributed by atoms with E-state index in [1.54, 1.807) is 11.8 Å². The normalized spacial score (nSPS) is 14.1. The van der Waals surface area contributed by atoms with Crippen LogP contribution < -0.4 is 14.8 Å². The molecule has 0 atom stereocenters. The van der Waals surface area contributed by atoms with Gasteiger partial charge in [-0.05, 0) is 25.7 Å². The smallest absolute Gasteiger partial charge is 0.262 e. The SMILES string of the molecule is CCSc1nc(-c2ccccc2)c(NC(=O)COc2cccc3c2OC(C)(C)C3)s1. The van der Waals surface area contributed by atoms with Crippen LogP contribution in [0.5, 0.6) is 11.5 Å². The maximum Gasteiger partial charge on any atom is 0.262 e. The Labute approximate surface area is 184 Å². The second-order valence-corrected chi connectivity index (χ2v) is 10.1. The fourth-order valence-corrected chi connectivity index (χ4v) is 5.35. The zero-order valence-electron chi connectivity index (χ0n) is 17.2. The van der Waals surface area contributed by atoms with Crippen molar-refractivity contribution >= 4 is 34.0 Å². The molecule has 1 N–H and O–H groups in total. The summed E-state index contributed by atoms with van der Waals surface area (Å²) in [5.41, 5.74) is 2.61. The van der Waals surface area contributed by atoms with Crippen molar-refractivity contribution in [3.05, 3.63) is 54.1 Å². The Hall–Kier alpha value is -2.51. The summed E-state index contributed by atoms with van der Waals surface area (Å²) in [6, 6.07) is 15.7. The van der Waals surface area contributed by atoms with Crippen molar-refractivity contribution in [3.8, 4) is 22.8 Å². The largest absolute Gasteiger partial charge is 0.483 e. The Bertz CT molecular complexity index is 1050. The number of thiazole rings is 1. The number of carbonyl (C=O) groups excluding carboxylic acids is 1. The Balaban J connectivity index is 1.47. The minimum atomic E-state index is -0.259. The van der Waals surface area contributed by atoms with E-state index in [0.717, 1.165) is 44.1 Å². The number of ether oxygens (including phenoxy) is 2. The number of rotatable bonds is 7. The third-order valence-corrected chi connectivity index (χ3v) is 6.59. The van der Waals surface area contributed by atoms with Gasteiger partial charge in [0.2, 0.25) is 0 Å². The summed E-state index contributed by atoms with van der Waals surface area (Å²) in [4.78, 5) is 17.4. The van der Waals surface area contributed by atoms with Gasteiger partial charge in [-0.2, -0.15) is 0 Å². The molecule has 0 bridgehead atoms. The van der Waals surface area contributed by atoms with Crippen LogP contribution in [0, 0.1) is 0 Å². The maximum absolute atomic E-state index is 12.7. The quantitative estimate of drug-likeness (QED) is 0.481. The number of nitrogens with zero attached hydrogens (tertiary/aromatic N) is 1. The lowest BCUT2D eigenvalue weighted by Gasteiger charge is -2.18. The molecule has 1 amide bonds. The molecule has 156 valence electrons. The van der Waals surface area contributed by atoms with Gasteiger partial charge in [0.05, 0.1) is 0 Å². The van der Waals surface area contributed by atoms with E-state index >= 15 is 0 Å². The number of hydrogen-bond acceptors (Lipinski definition) is 6. The molecule has 0 saturated heterocycles. The van der Waals surface area contributed by atoms with Crippen LogP contribution in [0.2, 0.25) is 0 Å². The van der Waals surface area contributed by atoms with Crippen molar-refractivity contribution in [1.29, 1.82) is 0 Å². The predicted octanol–water partition coefficient (Wildman–Crippen LogP) is 5.65. The molecule has 1 aromatic heterocycles. The summed E-state index contributed by atoms with van der Waals surface area (Å²) in [5.74, 6) is 2.04. The van der Waals surface area contributed by atoms with E-state index in [2.05, 4.69) is 12.2 Å². The van der Waals surface area contributed by atoms with Gasteiger partial charge >= 0.3 is 0 Å². The van der Waals surface area contributed by atoms with Crippen LogP contribution in [-0.4, -0.2) is 28.9 Å². The topological polar surface area (TPSA) is 60.5 Å². The number of thioether (sulfide) groups is 1. The van der Waals surface area contributed by atoms with Crippen molar-refractivity contribution in [2.75, 3.05) is 17.7 Å². The van der Waals surface area contributed by atoms with Crippen molar-refractivity contribution in [3.63, 3.8) is 0 Å². The number of aromatic nitrogens is 1. The van der Waals surface area contributed by atoms with Crippen molar-refractivity contribution in [2.24, 2.45) is 0 Å². The molecule has 0 aliphatic carbocycles. The van der Waals surface area contributed by atoms with Crippen molar-refractivity contribution < 1.29 is 14.3 Å². The van der Waals surface area contributed by atoms with Crippen molar-refractivity contribution in [1.82, 2.24) is 4.98 Å². The Morgan fingerprint density at radius 3 is 2.80 bits per heavy atom. The molecule has 1 aliphatic heterocycles. The molecule has 30 heavy (non-hydrogen) atoms. The van der Waals surface area contributed by atoms with Gasteiger partial charge < -0.3 is 14.8 Å². The minimum Gasteiger partial charge on any atom is -0.483 e. The summed E-state index contributed by atoms with van der Waals surface area (Å²) in [6.45, 7) is 6.08. The Kier molecular flexibility index (Phi) is 6.01. The van der Waals surface area contributed by atoms with Gasteiger partial charge in [0.25, 0.3) is 5.91 Å². The van der Waals surface area contributed by atoms with Crippen LogP contribution >= 0.6 is 23.1 Å². The van der Waals surface area contributed by atoms with E-state index in [-0.39, 0.29) is 18.1 Å². The first kappa shape index (κ1) is 20.8. The van der Waals surface area contributed by atoms with E-state index in [1.165, 1.54) is 11.3 Å². The highest BCUT2D eigenvalue weighted by Crippen LogP contribution is 2.42. The number of benzene rings is 2. The third-order valence-electron chi connectivity index (χ3n) is 4.59. The van der Waals surface area contributed by atoms with Crippen molar-refractivity contribution in [2.45, 2.75) is 37.1 Å². The molecule has 0 saturated carbocycles. The zero-order chi connectivity index (χ0) is 21.1. The second kappa shape index (κ2) is 8.70. The number of carbonyl (C=O) groups is 1. The van der Waals surface area contributed by atoms with E-state index in [0.29, 0.717) is 5.75 Å². The molecule has 5 nitrogen and oxygen atoms in total. The number of anilines is 1. The highest BCUT2D eigenvalue weighted by atomic mass is 32.2. The first-order valence-electron chi connectivity index (χ1n) is 9.88. The molecule has 3 aromatic rings. The highest BCUT2D eigenvalue weighted by Gasteiger charge is 2.32. The van der Waals surface area contributed by atoms with E-state index in [9.17, 15) is 4.79 Å². The average Bonchev–Trinajstić information content (AvgIpc) is 3.26. The molecule has 0 radical (unpaired) electrons. The molecule has 0 unspecified atom stereocenters. The van der Waals surface area contributed by atoms with Gasteiger partial charge in [-0.15, -0.1) is 0 Å². The molecule has 4 rings (SSSR count). The molecule has 7 heteroatoms. The predicted molar refractivity (Wildman–Crippen MR) is 123 cm³/mol. The van der Waals surface area contributed by atoms with Gasteiger partial charge in [0.1, 0.15) is 16.3 Å². The van der Waals surface area contributed by atoms with Gasteiger partial charge in [-0.25, -0.2) is 4.98 Å². The number of hydrogen-bond donors (Lipinski definition) is 1. The number of fused-ring (bicyclic) bond motifs is 1. The van der Waals surface area contributed by atoms with Crippen LogP contribution in [-0.2, 0) is 11.2 Å². The van der Waals surface area contributed by atoms with Crippen LogP contribution in [0.3, 0.4) is 0 Å². The minimum absolute atomic E-state index is 0.0946. The lowest BCUT2D eigenvalue weighted by molar-refractivity contribution is -0.118. The second-order valence-electron chi connectivity index (χ2n) is 7.58. The zero-order valence-corrected chi connectivity index (χ0v) is 18.9. The number of para-hydroxylation sites is 1.